The molecule has 11 heteroatoms. The van der Waals surface area contributed by atoms with Gasteiger partial charge in [-0.1, -0.05) is 34.1 Å². The molecular formula is C31H36BrN3O7. The van der Waals surface area contributed by atoms with Crippen molar-refractivity contribution in [1.82, 2.24) is 10.6 Å². The number of rotatable bonds is 7. The molecule has 224 valence electrons. The molecule has 3 atom stereocenters. The number of methoxy groups -OCH3 is 1. The Kier molecular flexibility index (Phi) is 9.32. The quantitative estimate of drug-likeness (QED) is 0.344. The summed E-state index contributed by atoms with van der Waals surface area (Å²) < 4.78 is 17.9. The number of aryl methyl sites for hydroxylation is 1. The second kappa shape index (κ2) is 12.6. The number of hydrogen-bond acceptors (Lipinski definition) is 7. The molecule has 0 bridgehead atoms. The van der Waals surface area contributed by atoms with E-state index in [2.05, 4.69) is 26.6 Å². The first-order valence-corrected chi connectivity index (χ1v) is 14.3. The first-order valence-electron chi connectivity index (χ1n) is 13.6. The molecule has 1 aliphatic heterocycles. The largest absolute Gasteiger partial charge is 0.496 e. The summed E-state index contributed by atoms with van der Waals surface area (Å²) in [5.41, 5.74) is 1.45. The van der Waals surface area contributed by atoms with E-state index in [9.17, 15) is 19.5 Å². The molecule has 3 aromatic rings. The molecule has 1 unspecified atom stereocenters. The Morgan fingerprint density at radius 3 is 2.57 bits per heavy atom. The number of nitrogens with one attached hydrogen (secondary N) is 2. The van der Waals surface area contributed by atoms with E-state index in [-0.39, 0.29) is 13.2 Å². The molecular weight excluding hydrogens is 606 g/mol. The van der Waals surface area contributed by atoms with Gasteiger partial charge in [0.1, 0.15) is 35.8 Å². The summed E-state index contributed by atoms with van der Waals surface area (Å²) >= 11 is 3.52. The van der Waals surface area contributed by atoms with Crippen LogP contribution in [0.3, 0.4) is 0 Å². The van der Waals surface area contributed by atoms with Crippen molar-refractivity contribution in [3.05, 3.63) is 64.1 Å². The number of alkyl carbamates (subject to hydrolysis) is 1. The number of nitrogens with zero attached hydrogens (tertiary/aromatic N) is 1. The zero-order valence-corrected chi connectivity index (χ0v) is 26.1. The van der Waals surface area contributed by atoms with Gasteiger partial charge in [-0.3, -0.25) is 9.59 Å². The molecule has 0 radical (unpaired) electrons. The maximum absolute atomic E-state index is 14.1. The van der Waals surface area contributed by atoms with Crippen molar-refractivity contribution >= 4 is 50.3 Å². The summed E-state index contributed by atoms with van der Waals surface area (Å²) in [7, 11) is 1.57. The number of carbonyl (C=O) groups excluding carboxylic acids is 3. The first kappa shape index (κ1) is 31.1. The van der Waals surface area contributed by atoms with Crippen LogP contribution in [-0.2, 0) is 20.9 Å². The van der Waals surface area contributed by atoms with Crippen molar-refractivity contribution < 1.29 is 33.7 Å². The minimum absolute atomic E-state index is 0.128. The number of amides is 3. The van der Waals surface area contributed by atoms with Gasteiger partial charge >= 0.3 is 6.09 Å². The maximum Gasteiger partial charge on any atom is 0.408 e. The fraction of sp³-hybridized carbons (Fsp3) is 0.387. The number of aliphatic hydroxyl groups is 1. The van der Waals surface area contributed by atoms with Gasteiger partial charge in [0.05, 0.1) is 25.4 Å². The summed E-state index contributed by atoms with van der Waals surface area (Å²) in [5, 5.41) is 17.2. The van der Waals surface area contributed by atoms with Gasteiger partial charge in [0.25, 0.3) is 5.91 Å². The van der Waals surface area contributed by atoms with Crippen LogP contribution < -0.4 is 25.0 Å². The van der Waals surface area contributed by atoms with Crippen LogP contribution in [0.4, 0.5) is 10.5 Å². The van der Waals surface area contributed by atoms with E-state index >= 15 is 0 Å². The van der Waals surface area contributed by atoms with Gasteiger partial charge in [-0.25, -0.2) is 4.79 Å². The number of benzene rings is 3. The second-order valence-corrected chi connectivity index (χ2v) is 12.2. The molecule has 0 fully saturated rings. The van der Waals surface area contributed by atoms with Gasteiger partial charge in [0.2, 0.25) is 5.91 Å². The fourth-order valence-corrected chi connectivity index (χ4v) is 5.12. The fourth-order valence-electron chi connectivity index (χ4n) is 4.74. The number of hydrogen-bond donors (Lipinski definition) is 3. The lowest BCUT2D eigenvalue weighted by molar-refractivity contribution is -0.131. The Morgan fingerprint density at radius 1 is 1.17 bits per heavy atom. The monoisotopic (exact) mass is 641 g/mol. The molecule has 0 saturated heterocycles. The first-order chi connectivity index (χ1) is 19.8. The Bertz CT molecular complexity index is 1500. The highest BCUT2D eigenvalue weighted by Gasteiger charge is 2.36. The lowest BCUT2D eigenvalue weighted by Crippen LogP contribution is -2.58. The molecule has 3 aromatic carbocycles. The van der Waals surface area contributed by atoms with Gasteiger partial charge in [-0.05, 0) is 81.3 Å². The van der Waals surface area contributed by atoms with Crippen molar-refractivity contribution in [1.29, 1.82) is 0 Å². The molecule has 0 spiro atoms. The Morgan fingerprint density at radius 2 is 1.90 bits per heavy atom. The van der Waals surface area contributed by atoms with Crippen molar-refractivity contribution in [3.8, 4) is 11.5 Å². The van der Waals surface area contributed by atoms with Gasteiger partial charge in [-0.15, -0.1) is 0 Å². The van der Waals surface area contributed by atoms with Crippen LogP contribution in [0.1, 0.15) is 38.8 Å². The van der Waals surface area contributed by atoms with Crippen LogP contribution in [0.25, 0.3) is 10.8 Å². The van der Waals surface area contributed by atoms with Crippen molar-refractivity contribution in [2.24, 2.45) is 0 Å². The third-order valence-corrected chi connectivity index (χ3v) is 7.21. The van der Waals surface area contributed by atoms with E-state index < -0.39 is 41.7 Å². The van der Waals surface area contributed by atoms with Crippen LogP contribution in [0.5, 0.6) is 11.5 Å². The highest BCUT2D eigenvalue weighted by atomic mass is 79.9. The molecule has 42 heavy (non-hydrogen) atoms. The van der Waals surface area contributed by atoms with E-state index in [1.807, 2.05) is 55.5 Å². The molecule has 3 N–H and O–H groups in total. The maximum atomic E-state index is 14.1. The van der Waals surface area contributed by atoms with Crippen molar-refractivity contribution in [2.75, 3.05) is 18.6 Å². The molecule has 0 saturated carbocycles. The predicted molar refractivity (Wildman–Crippen MR) is 163 cm³/mol. The number of halogens is 1. The highest BCUT2D eigenvalue weighted by molar-refractivity contribution is 9.10. The highest BCUT2D eigenvalue weighted by Crippen LogP contribution is 2.37. The molecule has 3 amide bonds. The Hall–Kier alpha value is -3.83. The molecule has 4 rings (SSSR count). The number of aliphatic hydroxyl groups excluding tert-OH is 1. The molecule has 0 aliphatic carbocycles. The molecule has 1 heterocycles. The van der Waals surface area contributed by atoms with Gasteiger partial charge in [-0.2, -0.15) is 0 Å². The molecule has 1 aliphatic rings. The summed E-state index contributed by atoms with van der Waals surface area (Å²) in [6.45, 7) is 8.30. The summed E-state index contributed by atoms with van der Waals surface area (Å²) in [4.78, 5) is 41.4. The van der Waals surface area contributed by atoms with Crippen LogP contribution in [-0.4, -0.2) is 60.5 Å². The van der Waals surface area contributed by atoms with Crippen LogP contribution >= 0.6 is 15.9 Å². The Labute approximate surface area is 253 Å². The average Bonchev–Trinajstić information content (AvgIpc) is 3.02. The zero-order chi connectivity index (χ0) is 30.8. The van der Waals surface area contributed by atoms with E-state index in [0.717, 1.165) is 26.4 Å². The van der Waals surface area contributed by atoms with E-state index in [1.54, 1.807) is 32.8 Å². The van der Waals surface area contributed by atoms with Crippen molar-refractivity contribution in [2.45, 2.75) is 65.0 Å². The second-order valence-electron chi connectivity index (χ2n) is 11.2. The van der Waals surface area contributed by atoms with E-state index in [4.69, 9.17) is 14.2 Å². The average molecular weight is 643 g/mol. The Balaban J connectivity index is 1.68. The third kappa shape index (κ3) is 7.14. The summed E-state index contributed by atoms with van der Waals surface area (Å²) in [5.74, 6) is -0.0926. The normalized spacial score (nSPS) is 16.5. The SMILES string of the molecule is COc1ccc2cc(Br)ccc2c1CN1C(=O)C(NC(=O)[C@@H](NC(=O)OC(C)(C)C)[C@H](C)O)COc2cc(C)ccc21. The van der Waals surface area contributed by atoms with Crippen molar-refractivity contribution in [3.63, 3.8) is 0 Å². The number of carbonyl (C=O) groups is 3. The minimum Gasteiger partial charge on any atom is -0.496 e. The zero-order valence-electron chi connectivity index (χ0n) is 24.5. The van der Waals surface area contributed by atoms with Crippen LogP contribution in [0.15, 0.2) is 53.0 Å². The standard InChI is InChI=1S/C31H36BrN3O7/c1-17-7-11-24-26(13-17)41-16-23(33-28(37)27(18(2)36)34-30(39)42-31(3,4)5)29(38)35(24)15-22-21-10-9-20(32)14-19(21)8-12-25(22)40-6/h7-14,18,23,27,36H,15-16H2,1-6H3,(H,33,37)(H,34,39)/t18-,23?,27-/m0/s1. The van der Waals surface area contributed by atoms with Crippen LogP contribution in [0.2, 0.25) is 0 Å². The van der Waals surface area contributed by atoms with Gasteiger partial charge in [0, 0.05) is 10.0 Å². The van der Waals surface area contributed by atoms with Gasteiger partial charge < -0.3 is 34.9 Å². The number of fused-ring (bicyclic) bond motifs is 2. The molecule has 10 nitrogen and oxygen atoms in total. The predicted octanol–water partition coefficient (Wildman–Crippen LogP) is 4.60. The lowest BCUT2D eigenvalue weighted by atomic mass is 10.0. The summed E-state index contributed by atoms with van der Waals surface area (Å²) in [6.07, 6.45) is -2.14. The smallest absolute Gasteiger partial charge is 0.408 e. The molecule has 0 aromatic heterocycles. The third-order valence-electron chi connectivity index (χ3n) is 6.72. The minimum atomic E-state index is -1.37. The van der Waals surface area contributed by atoms with E-state index in [0.29, 0.717) is 17.2 Å². The van der Waals surface area contributed by atoms with Crippen LogP contribution in [0, 0.1) is 6.92 Å². The number of ether oxygens (including phenoxy) is 3. The summed E-state index contributed by atoms with van der Waals surface area (Å²) in [6, 6.07) is 12.7. The van der Waals surface area contributed by atoms with Gasteiger partial charge in [0.15, 0.2) is 0 Å². The lowest BCUT2D eigenvalue weighted by Gasteiger charge is -2.28. The number of anilines is 1. The topological polar surface area (TPSA) is 126 Å². The van der Waals surface area contributed by atoms with E-state index in [1.165, 1.54) is 6.92 Å².